The Morgan fingerprint density at radius 2 is 1.59 bits per heavy atom. The predicted octanol–water partition coefficient (Wildman–Crippen LogP) is 5.50. The van der Waals surface area contributed by atoms with Crippen molar-refractivity contribution >= 4 is 28.8 Å². The molecule has 2 aromatic carbocycles. The van der Waals surface area contributed by atoms with Crippen LogP contribution in [0.4, 0.5) is 28.8 Å². The maximum atomic E-state index is 4.57. The molecule has 6 heteroatoms. The first kappa shape index (κ1) is 20.6. The van der Waals surface area contributed by atoms with E-state index in [1.807, 2.05) is 18.2 Å². The van der Waals surface area contributed by atoms with Gasteiger partial charge >= 0.3 is 0 Å². The molecule has 0 aliphatic rings. The van der Waals surface area contributed by atoms with Gasteiger partial charge in [0, 0.05) is 30.2 Å². The first-order chi connectivity index (χ1) is 13.9. The average Bonchev–Trinajstić information content (AvgIpc) is 2.70. The van der Waals surface area contributed by atoms with Crippen LogP contribution in [-0.4, -0.2) is 28.3 Å². The highest BCUT2D eigenvalue weighted by molar-refractivity contribution is 5.64. The zero-order chi connectivity index (χ0) is 20.9. The molecule has 3 rings (SSSR count). The van der Waals surface area contributed by atoms with E-state index in [-0.39, 0.29) is 5.41 Å². The molecule has 0 atom stereocenters. The molecule has 0 aliphatic heterocycles. The molecule has 6 nitrogen and oxygen atoms in total. The molecule has 152 valence electrons. The Bertz CT molecular complexity index is 927. The summed E-state index contributed by atoms with van der Waals surface area (Å²) in [5.74, 6) is 1.11. The fraction of sp³-hybridized carbons (Fsp3) is 0.348. The molecule has 2 N–H and O–H groups in total. The van der Waals surface area contributed by atoms with Gasteiger partial charge in [-0.05, 0) is 55.2 Å². The lowest BCUT2D eigenvalue weighted by atomic mass is 9.86. The molecule has 0 saturated heterocycles. The van der Waals surface area contributed by atoms with E-state index in [4.69, 9.17) is 0 Å². The van der Waals surface area contributed by atoms with Crippen molar-refractivity contribution in [3.05, 3.63) is 60.3 Å². The Hall–Kier alpha value is -3.15. The van der Waals surface area contributed by atoms with Gasteiger partial charge in [-0.1, -0.05) is 39.0 Å². The molecule has 0 bridgehead atoms. The molecular formula is C23H30N6. The summed E-state index contributed by atoms with van der Waals surface area (Å²) in [5.41, 5.74) is 4.40. The number of nitrogens with zero attached hydrogens (tertiary/aromatic N) is 4. The van der Waals surface area contributed by atoms with E-state index >= 15 is 0 Å². The van der Waals surface area contributed by atoms with Gasteiger partial charge in [-0.15, -0.1) is 5.10 Å². The molecule has 0 spiro atoms. The number of hydrogen-bond donors (Lipinski definition) is 2. The Morgan fingerprint density at radius 3 is 2.24 bits per heavy atom. The summed E-state index contributed by atoms with van der Waals surface area (Å²) in [4.78, 5) is 6.87. The quantitative estimate of drug-likeness (QED) is 0.555. The van der Waals surface area contributed by atoms with Crippen molar-refractivity contribution in [3.8, 4) is 0 Å². The largest absolute Gasteiger partial charge is 0.372 e. The molecule has 0 saturated carbocycles. The van der Waals surface area contributed by atoms with E-state index in [1.54, 1.807) is 6.20 Å². The number of anilines is 5. The summed E-state index contributed by atoms with van der Waals surface area (Å²) < 4.78 is 0. The first-order valence-corrected chi connectivity index (χ1v) is 10.1. The van der Waals surface area contributed by atoms with Crippen molar-refractivity contribution < 1.29 is 0 Å². The summed E-state index contributed by atoms with van der Waals surface area (Å²) >= 11 is 0. The van der Waals surface area contributed by atoms with Crippen LogP contribution in [0.15, 0.2) is 54.7 Å². The van der Waals surface area contributed by atoms with Crippen molar-refractivity contribution in [2.75, 3.05) is 28.6 Å². The minimum absolute atomic E-state index is 0.0255. The summed E-state index contributed by atoms with van der Waals surface area (Å²) in [7, 11) is 0. The second kappa shape index (κ2) is 8.90. The molecule has 3 aromatic rings. The molecule has 1 aromatic heterocycles. The van der Waals surface area contributed by atoms with Crippen molar-refractivity contribution in [2.45, 2.75) is 40.0 Å². The Kier molecular flexibility index (Phi) is 6.32. The fourth-order valence-electron chi connectivity index (χ4n) is 3.27. The van der Waals surface area contributed by atoms with Crippen LogP contribution >= 0.6 is 0 Å². The normalized spacial score (nSPS) is 11.2. The second-order valence-electron chi connectivity index (χ2n) is 7.93. The lowest BCUT2D eigenvalue weighted by molar-refractivity contribution is 0.592. The summed E-state index contributed by atoms with van der Waals surface area (Å²) in [6.07, 6.45) is 1.63. The third kappa shape index (κ3) is 5.22. The third-order valence-electron chi connectivity index (χ3n) is 4.81. The molecule has 0 aliphatic carbocycles. The van der Waals surface area contributed by atoms with E-state index < -0.39 is 0 Å². The third-order valence-corrected chi connectivity index (χ3v) is 4.81. The minimum Gasteiger partial charge on any atom is -0.372 e. The van der Waals surface area contributed by atoms with E-state index in [0.29, 0.717) is 11.8 Å². The molecule has 1 heterocycles. The van der Waals surface area contributed by atoms with Crippen molar-refractivity contribution in [2.24, 2.45) is 0 Å². The highest BCUT2D eigenvalue weighted by atomic mass is 15.3. The van der Waals surface area contributed by atoms with Crippen LogP contribution in [0.25, 0.3) is 0 Å². The van der Waals surface area contributed by atoms with Gasteiger partial charge in [0.05, 0.1) is 6.20 Å². The highest BCUT2D eigenvalue weighted by Crippen LogP contribution is 2.31. The first-order valence-electron chi connectivity index (χ1n) is 10.1. The predicted molar refractivity (Wildman–Crippen MR) is 122 cm³/mol. The minimum atomic E-state index is 0.0255. The van der Waals surface area contributed by atoms with Crippen LogP contribution in [0.1, 0.15) is 40.2 Å². The number of hydrogen-bond acceptors (Lipinski definition) is 6. The van der Waals surface area contributed by atoms with Crippen molar-refractivity contribution in [3.63, 3.8) is 0 Å². The van der Waals surface area contributed by atoms with Gasteiger partial charge < -0.3 is 15.5 Å². The second-order valence-corrected chi connectivity index (χ2v) is 7.93. The summed E-state index contributed by atoms with van der Waals surface area (Å²) in [5, 5.41) is 14.8. The van der Waals surface area contributed by atoms with Crippen LogP contribution in [0.3, 0.4) is 0 Å². The Balaban J connectivity index is 1.76. The van der Waals surface area contributed by atoms with E-state index in [0.717, 1.165) is 24.5 Å². The summed E-state index contributed by atoms with van der Waals surface area (Å²) in [6.45, 7) is 12.9. The zero-order valence-electron chi connectivity index (χ0n) is 17.9. The molecular weight excluding hydrogens is 360 g/mol. The molecule has 29 heavy (non-hydrogen) atoms. The van der Waals surface area contributed by atoms with Gasteiger partial charge in [-0.25, -0.2) is 0 Å². The highest BCUT2D eigenvalue weighted by Gasteiger charge is 2.17. The maximum Gasteiger partial charge on any atom is 0.249 e. The van der Waals surface area contributed by atoms with Gasteiger partial charge in [0.15, 0.2) is 5.82 Å². The van der Waals surface area contributed by atoms with Crippen molar-refractivity contribution in [1.82, 2.24) is 15.2 Å². The van der Waals surface area contributed by atoms with E-state index in [2.05, 4.69) is 95.7 Å². The Labute approximate surface area is 173 Å². The number of rotatable bonds is 7. The molecule has 0 unspecified atom stereocenters. The fourth-order valence-corrected chi connectivity index (χ4v) is 3.27. The number of benzene rings is 2. The maximum absolute atomic E-state index is 4.57. The topological polar surface area (TPSA) is 66.0 Å². The van der Waals surface area contributed by atoms with Gasteiger partial charge in [0.25, 0.3) is 0 Å². The number of para-hydroxylation sites is 1. The van der Waals surface area contributed by atoms with Crippen molar-refractivity contribution in [1.29, 1.82) is 0 Å². The number of aromatic nitrogens is 3. The monoisotopic (exact) mass is 390 g/mol. The standard InChI is InChI=1S/C23H30N6/c1-6-29(7-2)18-14-12-17(13-15-18)25-22-27-21(16-24-28-22)26-20-11-9-8-10-19(20)23(3,4)5/h8-16H,6-7H2,1-5H3,(H2,25,26,27,28). The van der Waals surface area contributed by atoms with Crippen LogP contribution in [0.2, 0.25) is 0 Å². The van der Waals surface area contributed by atoms with Gasteiger partial charge in [0.1, 0.15) is 0 Å². The van der Waals surface area contributed by atoms with E-state index in [1.165, 1.54) is 11.3 Å². The lowest BCUT2D eigenvalue weighted by Crippen LogP contribution is -2.21. The SMILES string of the molecule is CCN(CC)c1ccc(Nc2nncc(Nc3ccccc3C(C)(C)C)n2)cc1. The van der Waals surface area contributed by atoms with Gasteiger partial charge in [0.2, 0.25) is 5.95 Å². The zero-order valence-corrected chi connectivity index (χ0v) is 17.9. The van der Waals surface area contributed by atoms with Gasteiger partial charge in [-0.2, -0.15) is 10.1 Å². The molecule has 0 fully saturated rings. The Morgan fingerprint density at radius 1 is 0.897 bits per heavy atom. The van der Waals surface area contributed by atoms with Crippen LogP contribution < -0.4 is 15.5 Å². The molecule has 0 radical (unpaired) electrons. The average molecular weight is 391 g/mol. The smallest absolute Gasteiger partial charge is 0.249 e. The van der Waals surface area contributed by atoms with Crippen LogP contribution in [0.5, 0.6) is 0 Å². The van der Waals surface area contributed by atoms with Gasteiger partial charge in [-0.3, -0.25) is 0 Å². The van der Waals surface area contributed by atoms with E-state index in [9.17, 15) is 0 Å². The summed E-state index contributed by atoms with van der Waals surface area (Å²) in [6, 6.07) is 16.5. The number of nitrogens with one attached hydrogen (secondary N) is 2. The van der Waals surface area contributed by atoms with Crippen LogP contribution in [-0.2, 0) is 5.41 Å². The molecule has 0 amide bonds. The lowest BCUT2D eigenvalue weighted by Gasteiger charge is -2.23. The van der Waals surface area contributed by atoms with Crippen LogP contribution in [0, 0.1) is 0 Å².